The molecule has 2 fully saturated rings. The molecule has 4 nitrogen and oxygen atoms in total. The van der Waals surface area contributed by atoms with Gasteiger partial charge in [-0.1, -0.05) is 20.8 Å². The number of hydrogen-bond acceptors (Lipinski definition) is 2. The molecular formula is C12H22N2O2. The molecule has 2 rings (SSSR count). The summed E-state index contributed by atoms with van der Waals surface area (Å²) >= 11 is 0. The third-order valence-electron chi connectivity index (χ3n) is 4.41. The summed E-state index contributed by atoms with van der Waals surface area (Å²) in [5.74, 6) is 0.470. The molecule has 2 aliphatic heterocycles. The van der Waals surface area contributed by atoms with Crippen molar-refractivity contribution in [2.45, 2.75) is 39.2 Å². The number of fused-ring (bicyclic) bond motifs is 1. The Morgan fingerprint density at radius 3 is 2.75 bits per heavy atom. The van der Waals surface area contributed by atoms with Gasteiger partial charge in [-0.25, -0.2) is 4.79 Å². The quantitative estimate of drug-likeness (QED) is 0.662. The molecule has 0 radical (unpaired) electrons. The van der Waals surface area contributed by atoms with Gasteiger partial charge < -0.3 is 15.3 Å². The van der Waals surface area contributed by atoms with Gasteiger partial charge in [-0.3, -0.25) is 0 Å². The summed E-state index contributed by atoms with van der Waals surface area (Å²) in [6, 6.07) is 0. The van der Waals surface area contributed by atoms with Crippen molar-refractivity contribution in [3.63, 3.8) is 0 Å². The van der Waals surface area contributed by atoms with Crippen molar-refractivity contribution >= 4 is 6.09 Å². The minimum absolute atomic E-state index is 0.0139. The summed E-state index contributed by atoms with van der Waals surface area (Å²) in [5.41, 5.74) is -0.225. The Morgan fingerprint density at radius 2 is 2.19 bits per heavy atom. The molecule has 16 heavy (non-hydrogen) atoms. The molecule has 2 unspecified atom stereocenters. The third kappa shape index (κ3) is 1.43. The number of carboxylic acid groups (broad SMARTS) is 1. The molecule has 92 valence electrons. The lowest BCUT2D eigenvalue weighted by Crippen LogP contribution is -2.65. The predicted octanol–water partition coefficient (Wildman–Crippen LogP) is 1.76. The minimum atomic E-state index is -0.761. The van der Waals surface area contributed by atoms with Crippen LogP contribution in [-0.4, -0.2) is 41.3 Å². The third-order valence-corrected chi connectivity index (χ3v) is 4.41. The van der Waals surface area contributed by atoms with Crippen LogP contribution in [0.5, 0.6) is 0 Å². The SMILES string of the molecule is CC(C)(C)C12CNCC1CCCN2C(=O)O. The first-order valence-corrected chi connectivity index (χ1v) is 6.11. The van der Waals surface area contributed by atoms with E-state index in [-0.39, 0.29) is 11.0 Å². The Labute approximate surface area is 97.0 Å². The van der Waals surface area contributed by atoms with Crippen molar-refractivity contribution in [2.75, 3.05) is 19.6 Å². The highest BCUT2D eigenvalue weighted by molar-refractivity contribution is 5.67. The number of nitrogens with one attached hydrogen (secondary N) is 1. The fourth-order valence-corrected chi connectivity index (χ4v) is 3.65. The number of amides is 1. The first-order chi connectivity index (χ1) is 7.39. The van der Waals surface area contributed by atoms with Crippen LogP contribution in [0.4, 0.5) is 4.79 Å². The highest BCUT2D eigenvalue weighted by atomic mass is 16.4. The lowest BCUT2D eigenvalue weighted by molar-refractivity contribution is -0.0387. The largest absolute Gasteiger partial charge is 0.465 e. The van der Waals surface area contributed by atoms with E-state index < -0.39 is 6.09 Å². The van der Waals surface area contributed by atoms with Gasteiger partial charge in [0.15, 0.2) is 0 Å². The van der Waals surface area contributed by atoms with E-state index in [4.69, 9.17) is 0 Å². The topological polar surface area (TPSA) is 52.6 Å². The van der Waals surface area contributed by atoms with E-state index in [1.165, 1.54) is 0 Å². The maximum atomic E-state index is 11.4. The lowest BCUT2D eigenvalue weighted by Gasteiger charge is -2.54. The van der Waals surface area contributed by atoms with Crippen molar-refractivity contribution in [3.8, 4) is 0 Å². The van der Waals surface area contributed by atoms with Crippen LogP contribution in [0.2, 0.25) is 0 Å². The molecule has 0 saturated carbocycles. The molecule has 0 bridgehead atoms. The Kier molecular flexibility index (Phi) is 2.65. The van der Waals surface area contributed by atoms with E-state index in [1.807, 2.05) is 0 Å². The molecule has 2 N–H and O–H groups in total. The van der Waals surface area contributed by atoms with Crippen LogP contribution >= 0.6 is 0 Å². The summed E-state index contributed by atoms with van der Waals surface area (Å²) in [6.07, 6.45) is 1.38. The van der Waals surface area contributed by atoms with E-state index in [2.05, 4.69) is 26.1 Å². The molecule has 2 atom stereocenters. The standard InChI is InChI=1S/C12H22N2O2/c1-11(2,3)12-8-13-7-9(12)5-4-6-14(12)10(15)16/h9,13H,4-8H2,1-3H3,(H,15,16). The Balaban J connectivity index is 2.42. The highest BCUT2D eigenvalue weighted by Gasteiger charge is 2.57. The van der Waals surface area contributed by atoms with Crippen LogP contribution in [0.15, 0.2) is 0 Å². The number of nitrogens with zero attached hydrogens (tertiary/aromatic N) is 1. The van der Waals surface area contributed by atoms with Crippen molar-refractivity contribution in [2.24, 2.45) is 11.3 Å². The van der Waals surface area contributed by atoms with Gasteiger partial charge in [-0.15, -0.1) is 0 Å². The molecular weight excluding hydrogens is 204 g/mol. The first-order valence-electron chi connectivity index (χ1n) is 6.11. The van der Waals surface area contributed by atoms with Crippen LogP contribution in [0.1, 0.15) is 33.6 Å². The Morgan fingerprint density at radius 1 is 1.50 bits per heavy atom. The average Bonchev–Trinajstić information content (AvgIpc) is 2.59. The molecule has 0 aliphatic carbocycles. The molecule has 4 heteroatoms. The number of piperidine rings is 1. The lowest BCUT2D eigenvalue weighted by atomic mass is 9.64. The maximum absolute atomic E-state index is 11.4. The number of hydrogen-bond donors (Lipinski definition) is 2. The van der Waals surface area contributed by atoms with Crippen LogP contribution in [0.25, 0.3) is 0 Å². The fraction of sp³-hybridized carbons (Fsp3) is 0.917. The van der Waals surface area contributed by atoms with Gasteiger partial charge in [0.1, 0.15) is 0 Å². The highest BCUT2D eigenvalue weighted by Crippen LogP contribution is 2.47. The van der Waals surface area contributed by atoms with E-state index in [0.29, 0.717) is 12.5 Å². The van der Waals surface area contributed by atoms with Gasteiger partial charge in [-0.2, -0.15) is 0 Å². The molecule has 2 aliphatic rings. The summed E-state index contributed by atoms with van der Waals surface area (Å²) in [7, 11) is 0. The second-order valence-corrected chi connectivity index (χ2v) is 6.08. The Hall–Kier alpha value is -0.770. The molecule has 1 amide bonds. The van der Waals surface area contributed by atoms with Crippen molar-refractivity contribution < 1.29 is 9.90 Å². The van der Waals surface area contributed by atoms with Gasteiger partial charge in [-0.05, 0) is 24.2 Å². The number of rotatable bonds is 0. The van der Waals surface area contributed by atoms with Crippen molar-refractivity contribution in [3.05, 3.63) is 0 Å². The first kappa shape index (κ1) is 11.7. The maximum Gasteiger partial charge on any atom is 0.407 e. The van der Waals surface area contributed by atoms with Gasteiger partial charge in [0.2, 0.25) is 0 Å². The zero-order chi connectivity index (χ0) is 12.0. The molecule has 2 heterocycles. The van der Waals surface area contributed by atoms with Crippen LogP contribution in [-0.2, 0) is 0 Å². The fourth-order valence-electron chi connectivity index (χ4n) is 3.65. The molecule has 0 aromatic carbocycles. The average molecular weight is 226 g/mol. The zero-order valence-corrected chi connectivity index (χ0v) is 10.4. The van der Waals surface area contributed by atoms with Crippen molar-refractivity contribution in [1.29, 1.82) is 0 Å². The number of likely N-dealkylation sites (tertiary alicyclic amines) is 1. The zero-order valence-electron chi connectivity index (χ0n) is 10.4. The van der Waals surface area contributed by atoms with Gasteiger partial charge >= 0.3 is 6.09 Å². The molecule has 0 aromatic heterocycles. The smallest absolute Gasteiger partial charge is 0.407 e. The van der Waals surface area contributed by atoms with Gasteiger partial charge in [0.05, 0.1) is 5.54 Å². The normalized spacial score (nSPS) is 34.9. The van der Waals surface area contributed by atoms with E-state index in [1.54, 1.807) is 4.90 Å². The second-order valence-electron chi connectivity index (χ2n) is 6.08. The number of carbonyl (C=O) groups is 1. The second kappa shape index (κ2) is 3.62. The van der Waals surface area contributed by atoms with E-state index >= 15 is 0 Å². The molecule has 2 saturated heterocycles. The Bertz CT molecular complexity index is 298. The monoisotopic (exact) mass is 226 g/mol. The van der Waals surface area contributed by atoms with Crippen LogP contribution in [0, 0.1) is 11.3 Å². The molecule has 0 aromatic rings. The summed E-state index contributed by atoms with van der Waals surface area (Å²) in [4.78, 5) is 13.1. The summed E-state index contributed by atoms with van der Waals surface area (Å²) in [5, 5.41) is 12.8. The van der Waals surface area contributed by atoms with Crippen LogP contribution in [0.3, 0.4) is 0 Å². The predicted molar refractivity (Wildman–Crippen MR) is 62.5 cm³/mol. The van der Waals surface area contributed by atoms with Gasteiger partial charge in [0.25, 0.3) is 0 Å². The van der Waals surface area contributed by atoms with E-state index in [9.17, 15) is 9.90 Å². The van der Waals surface area contributed by atoms with E-state index in [0.717, 1.165) is 25.9 Å². The van der Waals surface area contributed by atoms with Crippen molar-refractivity contribution in [1.82, 2.24) is 10.2 Å². The van der Waals surface area contributed by atoms with Crippen LogP contribution < -0.4 is 5.32 Å². The van der Waals surface area contributed by atoms with Gasteiger partial charge in [0, 0.05) is 19.6 Å². The minimum Gasteiger partial charge on any atom is -0.465 e. The summed E-state index contributed by atoms with van der Waals surface area (Å²) in [6.45, 7) is 8.93. The summed E-state index contributed by atoms with van der Waals surface area (Å²) < 4.78 is 0. The molecule has 0 spiro atoms.